The Morgan fingerprint density at radius 3 is 2.68 bits per heavy atom. The molecule has 1 heterocycles. The van der Waals surface area contributed by atoms with Crippen LogP contribution in [0.25, 0.3) is 0 Å². The number of likely N-dealkylation sites (N-methyl/N-ethyl adjacent to an activating group) is 1. The van der Waals surface area contributed by atoms with E-state index in [9.17, 15) is 0 Å². The lowest BCUT2D eigenvalue weighted by molar-refractivity contribution is -0.0405. The lowest BCUT2D eigenvalue weighted by atomic mass is 10.2. The average Bonchev–Trinajstić information content (AvgIpc) is 2.37. The molecular weight excluding hydrogens is 378 g/mol. The number of hydrogen-bond acceptors (Lipinski definition) is 4. The maximum atomic E-state index is 9.13. The van der Waals surface area contributed by atoms with Gasteiger partial charge in [-0.05, 0) is 56.6 Å². The molecule has 1 unspecified atom stereocenters. The minimum Gasteiger partial charge on any atom is -0.488 e. The van der Waals surface area contributed by atoms with Gasteiger partial charge < -0.3 is 19.5 Å². The molecule has 106 valence electrons. The fourth-order valence-electron chi connectivity index (χ4n) is 1.99. The molecule has 1 N–H and O–H groups in total. The van der Waals surface area contributed by atoms with Gasteiger partial charge in [0.1, 0.15) is 18.5 Å². The third kappa shape index (κ3) is 4.16. The molecule has 1 aliphatic heterocycles. The predicted octanol–water partition coefficient (Wildman–Crippen LogP) is 2.41. The van der Waals surface area contributed by atoms with Crippen molar-refractivity contribution in [1.29, 1.82) is 0 Å². The quantitative estimate of drug-likeness (QED) is 0.851. The van der Waals surface area contributed by atoms with E-state index < -0.39 is 0 Å². The Labute approximate surface area is 129 Å². The first-order valence-corrected chi connectivity index (χ1v) is 7.70. The molecule has 1 aromatic carbocycles. The largest absolute Gasteiger partial charge is 0.488 e. The summed E-state index contributed by atoms with van der Waals surface area (Å²) in [6.07, 6.45) is 0.0927. The van der Waals surface area contributed by atoms with E-state index in [4.69, 9.17) is 14.6 Å². The molecule has 1 atom stereocenters. The lowest BCUT2D eigenvalue weighted by Gasteiger charge is -2.30. The second kappa shape index (κ2) is 7.04. The highest BCUT2D eigenvalue weighted by atomic mass is 79.9. The molecule has 6 heteroatoms. The van der Waals surface area contributed by atoms with Crippen molar-refractivity contribution in [2.24, 2.45) is 0 Å². The van der Waals surface area contributed by atoms with E-state index in [0.29, 0.717) is 6.61 Å². The summed E-state index contributed by atoms with van der Waals surface area (Å²) in [5.74, 6) is 0.744. The van der Waals surface area contributed by atoms with Crippen LogP contribution in [0.5, 0.6) is 5.75 Å². The minimum absolute atomic E-state index is 0.00795. The summed E-state index contributed by atoms with van der Waals surface area (Å²) in [4.78, 5) is 2.23. The van der Waals surface area contributed by atoms with E-state index in [2.05, 4.69) is 43.8 Å². The number of halogens is 2. The maximum Gasteiger partial charge on any atom is 0.147 e. The van der Waals surface area contributed by atoms with Crippen LogP contribution in [0.1, 0.15) is 5.56 Å². The number of aliphatic hydroxyl groups excluding tert-OH is 1. The van der Waals surface area contributed by atoms with E-state index in [0.717, 1.165) is 40.0 Å². The summed E-state index contributed by atoms with van der Waals surface area (Å²) >= 11 is 6.92. The van der Waals surface area contributed by atoms with Crippen molar-refractivity contribution in [3.8, 4) is 5.75 Å². The standard InChI is InChI=1S/C13H17Br2NO3/c1-16-2-3-18-10(6-16)8-19-13-11(14)4-9(7-17)5-12(13)15/h4-5,10,17H,2-3,6-8H2,1H3. The van der Waals surface area contributed by atoms with Crippen LogP contribution in [0, 0.1) is 0 Å². The summed E-state index contributed by atoms with van der Waals surface area (Å²) in [7, 11) is 2.08. The molecule has 0 radical (unpaired) electrons. The van der Waals surface area contributed by atoms with Gasteiger partial charge in [-0.1, -0.05) is 0 Å². The van der Waals surface area contributed by atoms with Crippen molar-refractivity contribution in [3.05, 3.63) is 26.6 Å². The zero-order valence-electron chi connectivity index (χ0n) is 10.7. The molecule has 0 aliphatic carbocycles. The first kappa shape index (κ1) is 15.3. The molecule has 2 rings (SSSR count). The zero-order chi connectivity index (χ0) is 13.8. The molecular formula is C13H17Br2NO3. The Bertz CT molecular complexity index is 419. The molecule has 1 aliphatic rings. The van der Waals surface area contributed by atoms with Gasteiger partial charge in [-0.2, -0.15) is 0 Å². The predicted molar refractivity (Wildman–Crippen MR) is 80.5 cm³/mol. The van der Waals surface area contributed by atoms with Gasteiger partial charge in [0.05, 0.1) is 22.2 Å². The fourth-order valence-corrected chi connectivity index (χ4v) is 3.50. The third-order valence-electron chi connectivity index (χ3n) is 3.00. The van der Waals surface area contributed by atoms with Gasteiger partial charge in [0.25, 0.3) is 0 Å². The Kier molecular flexibility index (Phi) is 5.65. The molecule has 4 nitrogen and oxygen atoms in total. The van der Waals surface area contributed by atoms with E-state index in [1.807, 2.05) is 12.1 Å². The van der Waals surface area contributed by atoms with Crippen LogP contribution in [-0.2, 0) is 11.3 Å². The third-order valence-corrected chi connectivity index (χ3v) is 4.17. The minimum atomic E-state index is 0.00795. The first-order chi connectivity index (χ1) is 9.10. The number of morpholine rings is 1. The number of ether oxygens (including phenoxy) is 2. The first-order valence-electron chi connectivity index (χ1n) is 6.12. The Hall–Kier alpha value is -0.140. The number of aliphatic hydroxyl groups is 1. The molecule has 1 fully saturated rings. The highest BCUT2D eigenvalue weighted by Gasteiger charge is 2.19. The van der Waals surface area contributed by atoms with Gasteiger partial charge >= 0.3 is 0 Å². The second-order valence-corrected chi connectivity index (χ2v) is 6.32. The maximum absolute atomic E-state index is 9.13. The Balaban J connectivity index is 1.99. The van der Waals surface area contributed by atoms with Gasteiger partial charge in [0, 0.05) is 13.1 Å². The van der Waals surface area contributed by atoms with Crippen LogP contribution in [0.2, 0.25) is 0 Å². The van der Waals surface area contributed by atoms with Crippen molar-refractivity contribution in [2.75, 3.05) is 33.4 Å². The number of benzene rings is 1. The topological polar surface area (TPSA) is 41.9 Å². The molecule has 1 saturated heterocycles. The van der Waals surface area contributed by atoms with Crippen LogP contribution >= 0.6 is 31.9 Å². The van der Waals surface area contributed by atoms with E-state index in [1.54, 1.807) is 0 Å². The van der Waals surface area contributed by atoms with Crippen LogP contribution in [0.4, 0.5) is 0 Å². The van der Waals surface area contributed by atoms with Gasteiger partial charge in [-0.25, -0.2) is 0 Å². The number of hydrogen-bond donors (Lipinski definition) is 1. The Morgan fingerprint density at radius 2 is 2.11 bits per heavy atom. The van der Waals surface area contributed by atoms with Gasteiger partial charge in [0.15, 0.2) is 0 Å². The SMILES string of the molecule is CN1CCOC(COc2c(Br)cc(CO)cc2Br)C1. The molecule has 0 bridgehead atoms. The fraction of sp³-hybridized carbons (Fsp3) is 0.538. The molecule has 0 amide bonds. The van der Waals surface area contributed by atoms with Gasteiger partial charge in [0.2, 0.25) is 0 Å². The molecule has 0 aromatic heterocycles. The van der Waals surface area contributed by atoms with Crippen molar-refractivity contribution >= 4 is 31.9 Å². The summed E-state index contributed by atoms with van der Waals surface area (Å²) < 4.78 is 13.1. The highest BCUT2D eigenvalue weighted by Crippen LogP contribution is 2.35. The number of rotatable bonds is 4. The van der Waals surface area contributed by atoms with Gasteiger partial charge in [-0.3, -0.25) is 0 Å². The summed E-state index contributed by atoms with van der Waals surface area (Å²) in [6, 6.07) is 3.71. The summed E-state index contributed by atoms with van der Waals surface area (Å²) in [5.41, 5.74) is 0.833. The van der Waals surface area contributed by atoms with E-state index >= 15 is 0 Å². The van der Waals surface area contributed by atoms with E-state index in [1.165, 1.54) is 0 Å². The summed E-state index contributed by atoms with van der Waals surface area (Å²) in [6.45, 7) is 3.11. The van der Waals surface area contributed by atoms with Crippen LogP contribution in [0.15, 0.2) is 21.1 Å². The average molecular weight is 395 g/mol. The molecule has 0 spiro atoms. The number of nitrogens with zero attached hydrogens (tertiary/aromatic N) is 1. The smallest absolute Gasteiger partial charge is 0.147 e. The van der Waals surface area contributed by atoms with Gasteiger partial charge in [-0.15, -0.1) is 0 Å². The lowest BCUT2D eigenvalue weighted by Crippen LogP contribution is -2.42. The second-order valence-electron chi connectivity index (χ2n) is 4.61. The molecule has 1 aromatic rings. The zero-order valence-corrected chi connectivity index (χ0v) is 13.9. The molecule has 0 saturated carbocycles. The van der Waals surface area contributed by atoms with Crippen LogP contribution < -0.4 is 4.74 Å². The van der Waals surface area contributed by atoms with Crippen LogP contribution in [0.3, 0.4) is 0 Å². The van der Waals surface area contributed by atoms with Crippen LogP contribution in [-0.4, -0.2) is 49.5 Å². The normalized spacial score (nSPS) is 20.5. The van der Waals surface area contributed by atoms with Crippen molar-refractivity contribution in [3.63, 3.8) is 0 Å². The van der Waals surface area contributed by atoms with E-state index in [-0.39, 0.29) is 12.7 Å². The monoisotopic (exact) mass is 393 g/mol. The van der Waals surface area contributed by atoms with Crippen molar-refractivity contribution in [1.82, 2.24) is 4.90 Å². The Morgan fingerprint density at radius 1 is 1.42 bits per heavy atom. The van der Waals surface area contributed by atoms with Crippen molar-refractivity contribution in [2.45, 2.75) is 12.7 Å². The summed E-state index contributed by atoms with van der Waals surface area (Å²) in [5, 5.41) is 9.13. The molecule has 19 heavy (non-hydrogen) atoms. The highest BCUT2D eigenvalue weighted by molar-refractivity contribution is 9.11. The van der Waals surface area contributed by atoms with Crippen molar-refractivity contribution < 1.29 is 14.6 Å².